The molecule has 0 unspecified atom stereocenters. The number of carbonyl (C=O) groups is 1. The SMILES string of the molecule is CC(C)Cc1nnc(NC(=O)C(C#N)=Cc2ccc(OCCOc3ccc(Br)cc3)cc2)s1. The van der Waals surface area contributed by atoms with Crippen molar-refractivity contribution in [1.82, 2.24) is 10.2 Å². The normalized spacial score (nSPS) is 11.2. The zero-order chi connectivity index (χ0) is 23.6. The molecule has 1 N–H and O–H groups in total. The van der Waals surface area contributed by atoms with Crippen molar-refractivity contribution in [3.05, 3.63) is 69.1 Å². The van der Waals surface area contributed by atoms with Gasteiger partial charge in [0.2, 0.25) is 5.13 Å². The Morgan fingerprint density at radius 1 is 1.09 bits per heavy atom. The van der Waals surface area contributed by atoms with Gasteiger partial charge < -0.3 is 9.47 Å². The molecule has 0 atom stereocenters. The summed E-state index contributed by atoms with van der Waals surface area (Å²) in [6.07, 6.45) is 2.31. The molecule has 0 fully saturated rings. The van der Waals surface area contributed by atoms with Crippen LogP contribution in [0.1, 0.15) is 24.4 Å². The molecule has 0 radical (unpaired) electrons. The Morgan fingerprint density at radius 2 is 1.70 bits per heavy atom. The zero-order valence-corrected chi connectivity index (χ0v) is 20.6. The number of nitrogens with zero attached hydrogens (tertiary/aromatic N) is 3. The van der Waals surface area contributed by atoms with Gasteiger partial charge in [-0.15, -0.1) is 10.2 Å². The lowest BCUT2D eigenvalue weighted by atomic mass is 10.1. The van der Waals surface area contributed by atoms with Crippen LogP contribution in [0.2, 0.25) is 0 Å². The molecule has 1 aromatic heterocycles. The number of halogens is 1. The van der Waals surface area contributed by atoms with Gasteiger partial charge in [0.05, 0.1) is 0 Å². The molecule has 1 amide bonds. The maximum absolute atomic E-state index is 12.5. The van der Waals surface area contributed by atoms with Gasteiger partial charge in [-0.3, -0.25) is 10.1 Å². The number of aromatic nitrogens is 2. The third kappa shape index (κ3) is 8.00. The third-order valence-electron chi connectivity index (χ3n) is 4.26. The molecule has 9 heteroatoms. The molecule has 0 saturated heterocycles. The van der Waals surface area contributed by atoms with Crippen LogP contribution in [0.3, 0.4) is 0 Å². The summed E-state index contributed by atoms with van der Waals surface area (Å²) in [6, 6.07) is 16.6. The molecule has 33 heavy (non-hydrogen) atoms. The van der Waals surface area contributed by atoms with Crippen LogP contribution in [0.15, 0.2) is 58.6 Å². The van der Waals surface area contributed by atoms with Crippen molar-refractivity contribution in [2.75, 3.05) is 18.5 Å². The summed E-state index contributed by atoms with van der Waals surface area (Å²) in [5.74, 6) is 1.37. The van der Waals surface area contributed by atoms with Crippen LogP contribution in [0.4, 0.5) is 5.13 Å². The fourth-order valence-electron chi connectivity index (χ4n) is 2.73. The quantitative estimate of drug-likeness (QED) is 0.212. The molecule has 0 spiro atoms. The second-order valence-corrected chi connectivity index (χ2v) is 9.42. The lowest BCUT2D eigenvalue weighted by Crippen LogP contribution is -2.13. The van der Waals surface area contributed by atoms with Gasteiger partial charge in [0.25, 0.3) is 5.91 Å². The van der Waals surface area contributed by atoms with E-state index in [-0.39, 0.29) is 5.57 Å². The van der Waals surface area contributed by atoms with Crippen molar-refractivity contribution in [1.29, 1.82) is 5.26 Å². The van der Waals surface area contributed by atoms with Crippen LogP contribution in [0.5, 0.6) is 11.5 Å². The van der Waals surface area contributed by atoms with Gasteiger partial charge in [0.15, 0.2) is 0 Å². The van der Waals surface area contributed by atoms with E-state index in [9.17, 15) is 10.1 Å². The van der Waals surface area contributed by atoms with Gasteiger partial charge in [-0.05, 0) is 54.0 Å². The Balaban J connectivity index is 1.51. The number of carbonyl (C=O) groups excluding carboxylic acids is 1. The minimum Gasteiger partial charge on any atom is -0.490 e. The molecule has 170 valence electrons. The van der Waals surface area contributed by atoms with Gasteiger partial charge >= 0.3 is 0 Å². The highest BCUT2D eigenvalue weighted by Gasteiger charge is 2.13. The van der Waals surface area contributed by atoms with Crippen LogP contribution < -0.4 is 14.8 Å². The predicted octanol–water partition coefficient (Wildman–Crippen LogP) is 5.50. The first-order chi connectivity index (χ1) is 15.9. The Hall–Kier alpha value is -3.22. The minimum absolute atomic E-state index is 0.0211. The van der Waals surface area contributed by atoms with Crippen molar-refractivity contribution >= 4 is 44.4 Å². The van der Waals surface area contributed by atoms with E-state index in [2.05, 4.69) is 45.3 Å². The Kier molecular flexibility index (Phi) is 8.98. The van der Waals surface area contributed by atoms with Crippen molar-refractivity contribution < 1.29 is 14.3 Å². The zero-order valence-electron chi connectivity index (χ0n) is 18.2. The first kappa shape index (κ1) is 24.4. The van der Waals surface area contributed by atoms with Gasteiger partial charge in [-0.25, -0.2) is 0 Å². The van der Waals surface area contributed by atoms with Crippen molar-refractivity contribution in [3.8, 4) is 17.6 Å². The van der Waals surface area contributed by atoms with Crippen LogP contribution in [-0.4, -0.2) is 29.3 Å². The van der Waals surface area contributed by atoms with Crippen molar-refractivity contribution in [2.45, 2.75) is 20.3 Å². The second kappa shape index (κ2) is 12.1. The van der Waals surface area contributed by atoms with Crippen LogP contribution in [-0.2, 0) is 11.2 Å². The topological polar surface area (TPSA) is 97.1 Å². The number of anilines is 1. The number of hydrogen-bond acceptors (Lipinski definition) is 7. The van der Waals surface area contributed by atoms with Crippen LogP contribution in [0.25, 0.3) is 6.08 Å². The number of benzene rings is 2. The molecule has 0 aliphatic carbocycles. The van der Waals surface area contributed by atoms with Gasteiger partial charge in [-0.2, -0.15) is 5.26 Å². The summed E-state index contributed by atoms with van der Waals surface area (Å²) in [5, 5.41) is 21.3. The highest BCUT2D eigenvalue weighted by atomic mass is 79.9. The fourth-order valence-corrected chi connectivity index (χ4v) is 3.94. The van der Waals surface area contributed by atoms with Crippen molar-refractivity contribution in [2.24, 2.45) is 5.92 Å². The molecule has 2 aromatic carbocycles. The van der Waals surface area contributed by atoms with E-state index in [0.717, 1.165) is 21.7 Å². The van der Waals surface area contributed by atoms with Crippen molar-refractivity contribution in [3.63, 3.8) is 0 Å². The number of ether oxygens (including phenoxy) is 2. The first-order valence-electron chi connectivity index (χ1n) is 10.3. The van der Waals surface area contributed by atoms with E-state index in [0.29, 0.717) is 35.6 Å². The standard InChI is InChI=1S/C24H23BrN4O3S/c1-16(2)13-22-28-29-24(33-22)27-23(30)18(15-26)14-17-3-7-20(8-4-17)31-11-12-32-21-9-5-19(25)6-10-21/h3-10,14,16H,11-13H2,1-2H3,(H,27,29,30). The lowest BCUT2D eigenvalue weighted by molar-refractivity contribution is -0.112. The second-order valence-electron chi connectivity index (χ2n) is 7.44. The molecule has 7 nitrogen and oxygen atoms in total. The number of rotatable bonds is 10. The molecular weight excluding hydrogens is 504 g/mol. The monoisotopic (exact) mass is 526 g/mol. The molecule has 0 bridgehead atoms. The third-order valence-corrected chi connectivity index (χ3v) is 5.65. The molecule has 0 saturated carbocycles. The molecule has 3 rings (SSSR count). The van der Waals surface area contributed by atoms with E-state index in [4.69, 9.17) is 9.47 Å². The highest BCUT2D eigenvalue weighted by molar-refractivity contribution is 9.10. The lowest BCUT2D eigenvalue weighted by Gasteiger charge is -2.08. The number of hydrogen-bond donors (Lipinski definition) is 1. The van der Waals surface area contributed by atoms with E-state index in [1.807, 2.05) is 30.3 Å². The summed E-state index contributed by atoms with van der Waals surface area (Å²) in [7, 11) is 0. The Labute approximate surface area is 205 Å². The smallest absolute Gasteiger partial charge is 0.268 e. The summed E-state index contributed by atoms with van der Waals surface area (Å²) in [6.45, 7) is 4.97. The first-order valence-corrected chi connectivity index (χ1v) is 11.9. The minimum atomic E-state index is -0.518. The van der Waals surface area contributed by atoms with Gasteiger partial charge in [0.1, 0.15) is 41.4 Å². The molecule has 0 aliphatic heterocycles. The average Bonchev–Trinajstić information content (AvgIpc) is 3.23. The molecule has 3 aromatic rings. The number of nitrogens with one attached hydrogen (secondary N) is 1. The van der Waals surface area contributed by atoms with E-state index >= 15 is 0 Å². The van der Waals surface area contributed by atoms with Gasteiger partial charge in [0, 0.05) is 10.9 Å². The Bertz CT molecular complexity index is 1140. The summed E-state index contributed by atoms with van der Waals surface area (Å²) in [5.41, 5.74) is 0.685. The van der Waals surface area contributed by atoms with E-state index in [1.165, 1.54) is 17.4 Å². The average molecular weight is 527 g/mol. The Morgan fingerprint density at radius 3 is 2.27 bits per heavy atom. The van der Waals surface area contributed by atoms with Crippen LogP contribution in [0, 0.1) is 17.2 Å². The highest BCUT2D eigenvalue weighted by Crippen LogP contribution is 2.20. The maximum Gasteiger partial charge on any atom is 0.268 e. The predicted molar refractivity (Wildman–Crippen MR) is 132 cm³/mol. The van der Waals surface area contributed by atoms with E-state index in [1.54, 1.807) is 24.3 Å². The number of nitriles is 1. The van der Waals surface area contributed by atoms with Crippen LogP contribution >= 0.6 is 27.3 Å². The largest absolute Gasteiger partial charge is 0.490 e. The molecular formula is C24H23BrN4O3S. The summed E-state index contributed by atoms with van der Waals surface area (Å²) >= 11 is 4.70. The molecule has 0 aliphatic rings. The maximum atomic E-state index is 12.5. The fraction of sp³-hybridized carbons (Fsp3) is 0.250. The molecule has 1 heterocycles. The number of amides is 1. The van der Waals surface area contributed by atoms with Gasteiger partial charge in [-0.1, -0.05) is 53.2 Å². The summed E-state index contributed by atoms with van der Waals surface area (Å²) in [4.78, 5) is 12.5. The van der Waals surface area contributed by atoms with E-state index < -0.39 is 5.91 Å². The summed E-state index contributed by atoms with van der Waals surface area (Å²) < 4.78 is 12.3.